The topological polar surface area (TPSA) is 51.4 Å². The van der Waals surface area contributed by atoms with Gasteiger partial charge in [-0.1, -0.05) is 25.3 Å². The summed E-state index contributed by atoms with van der Waals surface area (Å²) >= 11 is 1.74. The van der Waals surface area contributed by atoms with E-state index in [1.807, 2.05) is 11.8 Å². The van der Waals surface area contributed by atoms with Gasteiger partial charge in [0.2, 0.25) is 0 Å². The fraction of sp³-hybridized carbons (Fsp3) is 0.526. The molecule has 1 aliphatic heterocycles. The Labute approximate surface area is 154 Å². The number of benzene rings is 1. The van der Waals surface area contributed by atoms with E-state index in [0.29, 0.717) is 0 Å². The van der Waals surface area contributed by atoms with E-state index in [9.17, 15) is 4.79 Å². The molecule has 6 heteroatoms. The number of fused-ring (bicyclic) bond motifs is 1. The largest absolute Gasteiger partial charge is 0.350 e. The van der Waals surface area contributed by atoms with E-state index in [-0.39, 0.29) is 5.91 Å². The Bertz CT molecular complexity index is 734. The van der Waals surface area contributed by atoms with E-state index in [0.717, 1.165) is 59.8 Å². The second kappa shape index (κ2) is 8.15. The van der Waals surface area contributed by atoms with Gasteiger partial charge in [0.1, 0.15) is 5.69 Å². The van der Waals surface area contributed by atoms with Crippen LogP contribution in [-0.4, -0.2) is 59.7 Å². The highest BCUT2D eigenvalue weighted by Gasteiger charge is 2.23. The number of likely N-dealkylation sites (N-methyl/N-ethyl adjacent to an activating group) is 1. The van der Waals surface area contributed by atoms with Gasteiger partial charge in [-0.05, 0) is 44.2 Å². The quantitative estimate of drug-likeness (QED) is 0.609. The molecule has 0 radical (unpaired) electrons. The van der Waals surface area contributed by atoms with Gasteiger partial charge in [-0.3, -0.25) is 4.79 Å². The number of hydrogen-bond donors (Lipinski definition) is 2. The molecule has 0 aliphatic carbocycles. The Morgan fingerprint density at radius 1 is 1.28 bits per heavy atom. The lowest BCUT2D eigenvalue weighted by atomic mass is 10.1. The standard InChI is InChI=1S/C19H28N4OS/c1-4-5-12-25-21-15-6-7-17-16(13-15)14(2)18(20-17)19(24)23-10-8-22(3)9-11-23/h6-7,13,20-21H,4-5,8-12H2,1-3H3. The Morgan fingerprint density at radius 3 is 2.76 bits per heavy atom. The zero-order valence-electron chi connectivity index (χ0n) is 15.4. The lowest BCUT2D eigenvalue weighted by Gasteiger charge is -2.32. The van der Waals surface area contributed by atoms with Gasteiger partial charge < -0.3 is 19.5 Å². The van der Waals surface area contributed by atoms with Crippen LogP contribution >= 0.6 is 11.9 Å². The average Bonchev–Trinajstić information content (AvgIpc) is 2.95. The summed E-state index contributed by atoms with van der Waals surface area (Å²) in [5.41, 5.74) is 3.89. The molecule has 1 saturated heterocycles. The SMILES string of the molecule is CCCCSNc1ccc2[nH]c(C(=O)N3CCN(C)CC3)c(C)c2c1. The first-order valence-corrected chi connectivity index (χ1v) is 10.1. The van der Waals surface area contributed by atoms with Gasteiger partial charge in [-0.15, -0.1) is 0 Å². The first-order chi connectivity index (χ1) is 12.1. The summed E-state index contributed by atoms with van der Waals surface area (Å²) in [6.45, 7) is 7.71. The number of carbonyl (C=O) groups is 1. The minimum absolute atomic E-state index is 0.119. The molecule has 1 fully saturated rings. The number of aromatic amines is 1. The number of H-pyrrole nitrogens is 1. The number of carbonyl (C=O) groups excluding carboxylic acids is 1. The minimum atomic E-state index is 0.119. The Balaban J connectivity index is 1.76. The highest BCUT2D eigenvalue weighted by molar-refractivity contribution is 8.00. The lowest BCUT2D eigenvalue weighted by Crippen LogP contribution is -2.47. The highest BCUT2D eigenvalue weighted by Crippen LogP contribution is 2.27. The van der Waals surface area contributed by atoms with Crippen molar-refractivity contribution < 1.29 is 4.79 Å². The van der Waals surface area contributed by atoms with Crippen molar-refractivity contribution in [2.75, 3.05) is 43.7 Å². The second-order valence-electron chi connectivity index (χ2n) is 6.78. The van der Waals surface area contributed by atoms with Crippen molar-refractivity contribution in [1.82, 2.24) is 14.8 Å². The molecule has 1 aromatic carbocycles. The number of anilines is 1. The summed E-state index contributed by atoms with van der Waals surface area (Å²) in [7, 11) is 2.10. The number of unbranched alkanes of at least 4 members (excludes halogenated alkanes) is 1. The summed E-state index contributed by atoms with van der Waals surface area (Å²) in [6, 6.07) is 6.27. The molecule has 0 spiro atoms. The van der Waals surface area contributed by atoms with Crippen LogP contribution in [0.2, 0.25) is 0 Å². The third-order valence-electron chi connectivity index (χ3n) is 4.85. The fourth-order valence-corrected chi connectivity index (χ4v) is 3.95. The van der Waals surface area contributed by atoms with Crippen molar-refractivity contribution >= 4 is 34.4 Å². The maximum absolute atomic E-state index is 12.9. The van der Waals surface area contributed by atoms with Crippen molar-refractivity contribution in [3.05, 3.63) is 29.5 Å². The monoisotopic (exact) mass is 360 g/mol. The number of aryl methyl sites for hydroxylation is 1. The van der Waals surface area contributed by atoms with Gasteiger partial charge in [0, 0.05) is 48.5 Å². The van der Waals surface area contributed by atoms with Gasteiger partial charge in [0.15, 0.2) is 0 Å². The number of nitrogens with one attached hydrogen (secondary N) is 2. The summed E-state index contributed by atoms with van der Waals surface area (Å²) in [5.74, 6) is 1.22. The van der Waals surface area contributed by atoms with Gasteiger partial charge in [0.25, 0.3) is 5.91 Å². The van der Waals surface area contributed by atoms with Crippen LogP contribution in [0.15, 0.2) is 18.2 Å². The van der Waals surface area contributed by atoms with Crippen molar-refractivity contribution in [3.8, 4) is 0 Å². The number of nitrogens with zero attached hydrogens (tertiary/aromatic N) is 2. The van der Waals surface area contributed by atoms with Crippen molar-refractivity contribution in [1.29, 1.82) is 0 Å². The van der Waals surface area contributed by atoms with Crippen LogP contribution in [-0.2, 0) is 0 Å². The van der Waals surface area contributed by atoms with Crippen molar-refractivity contribution in [3.63, 3.8) is 0 Å². The third-order valence-corrected chi connectivity index (χ3v) is 5.73. The van der Waals surface area contributed by atoms with E-state index in [4.69, 9.17) is 0 Å². The molecule has 2 N–H and O–H groups in total. The van der Waals surface area contributed by atoms with E-state index in [1.165, 1.54) is 12.8 Å². The zero-order valence-corrected chi connectivity index (χ0v) is 16.2. The molecule has 1 aliphatic rings. The highest BCUT2D eigenvalue weighted by atomic mass is 32.2. The molecule has 0 saturated carbocycles. The van der Waals surface area contributed by atoms with Gasteiger partial charge >= 0.3 is 0 Å². The first kappa shape index (κ1) is 18.1. The molecule has 0 atom stereocenters. The van der Waals surface area contributed by atoms with E-state index in [1.54, 1.807) is 11.9 Å². The number of aromatic nitrogens is 1. The number of piperazine rings is 1. The first-order valence-electron chi connectivity index (χ1n) is 9.08. The lowest BCUT2D eigenvalue weighted by molar-refractivity contribution is 0.0658. The number of rotatable bonds is 6. The molecule has 25 heavy (non-hydrogen) atoms. The molecule has 0 unspecified atom stereocenters. The molecular weight excluding hydrogens is 332 g/mol. The third kappa shape index (κ3) is 4.12. The van der Waals surface area contributed by atoms with Crippen LogP contribution in [0.25, 0.3) is 10.9 Å². The van der Waals surface area contributed by atoms with Gasteiger partial charge in [-0.25, -0.2) is 0 Å². The van der Waals surface area contributed by atoms with Gasteiger partial charge in [-0.2, -0.15) is 0 Å². The minimum Gasteiger partial charge on any atom is -0.350 e. The van der Waals surface area contributed by atoms with Crippen LogP contribution in [0.1, 0.15) is 35.8 Å². The number of amides is 1. The molecule has 5 nitrogen and oxygen atoms in total. The molecule has 3 rings (SSSR count). The normalized spacial score (nSPS) is 15.7. The smallest absolute Gasteiger partial charge is 0.270 e. The average molecular weight is 361 g/mol. The van der Waals surface area contributed by atoms with Crippen molar-refractivity contribution in [2.24, 2.45) is 0 Å². The maximum Gasteiger partial charge on any atom is 0.270 e. The second-order valence-corrected chi connectivity index (χ2v) is 7.69. The predicted molar refractivity (Wildman–Crippen MR) is 107 cm³/mol. The van der Waals surface area contributed by atoms with Crippen LogP contribution in [0, 0.1) is 6.92 Å². The summed E-state index contributed by atoms with van der Waals surface area (Å²) in [5, 5.41) is 1.12. The van der Waals surface area contributed by atoms with E-state index < -0.39 is 0 Å². The molecule has 2 heterocycles. The summed E-state index contributed by atoms with van der Waals surface area (Å²) in [4.78, 5) is 20.4. The van der Waals surface area contributed by atoms with E-state index >= 15 is 0 Å². The maximum atomic E-state index is 12.9. The molecule has 0 bridgehead atoms. The van der Waals surface area contributed by atoms with Crippen LogP contribution in [0.4, 0.5) is 5.69 Å². The summed E-state index contributed by atoms with van der Waals surface area (Å²) in [6.07, 6.45) is 2.43. The van der Waals surface area contributed by atoms with Crippen LogP contribution in [0.5, 0.6) is 0 Å². The molecule has 136 valence electrons. The van der Waals surface area contributed by atoms with Crippen molar-refractivity contribution in [2.45, 2.75) is 26.7 Å². The van der Waals surface area contributed by atoms with E-state index in [2.05, 4.69) is 46.8 Å². The molecule has 2 aromatic rings. The Hall–Kier alpha value is -1.66. The Kier molecular flexibility index (Phi) is 5.91. The molecular formula is C19H28N4OS. The molecule has 1 amide bonds. The predicted octanol–water partition coefficient (Wildman–Crippen LogP) is 3.72. The zero-order chi connectivity index (χ0) is 17.8. The Morgan fingerprint density at radius 2 is 2.04 bits per heavy atom. The van der Waals surface area contributed by atoms with Crippen LogP contribution in [0.3, 0.4) is 0 Å². The van der Waals surface area contributed by atoms with Gasteiger partial charge in [0.05, 0.1) is 0 Å². The molecule has 1 aromatic heterocycles. The fourth-order valence-electron chi connectivity index (χ4n) is 3.12. The summed E-state index contributed by atoms with van der Waals surface area (Å²) < 4.78 is 3.41. The number of hydrogen-bond acceptors (Lipinski definition) is 4. The van der Waals surface area contributed by atoms with Crippen LogP contribution < -0.4 is 4.72 Å².